The van der Waals surface area contributed by atoms with Gasteiger partial charge in [0.2, 0.25) is 0 Å². The van der Waals surface area contributed by atoms with Gasteiger partial charge in [-0.2, -0.15) is 0 Å². The maximum atomic E-state index is 11.5. The number of methoxy groups -OCH3 is 1. The zero-order valence-electron chi connectivity index (χ0n) is 11.4. The van der Waals surface area contributed by atoms with Gasteiger partial charge in [0.1, 0.15) is 11.4 Å². The standard InChI is InChI=1S/C13H18N2O3S/c1-13(2,3)18-12(16)15-11(19)14-9-5-7-10(17-4)8-6-9/h5-8H,1-4H3,(H2,14,15,16,19). The first-order valence-electron chi connectivity index (χ1n) is 5.75. The van der Waals surface area contributed by atoms with Gasteiger partial charge < -0.3 is 14.8 Å². The van der Waals surface area contributed by atoms with Crippen LogP contribution in [0.1, 0.15) is 20.8 Å². The lowest BCUT2D eigenvalue weighted by molar-refractivity contribution is 0.0564. The molecule has 0 heterocycles. The van der Waals surface area contributed by atoms with E-state index in [-0.39, 0.29) is 5.11 Å². The third kappa shape index (κ3) is 6.05. The number of anilines is 1. The summed E-state index contributed by atoms with van der Waals surface area (Å²) < 4.78 is 10.1. The van der Waals surface area contributed by atoms with E-state index in [1.54, 1.807) is 52.1 Å². The predicted molar refractivity (Wildman–Crippen MR) is 78.6 cm³/mol. The van der Waals surface area contributed by atoms with E-state index in [2.05, 4.69) is 10.6 Å². The van der Waals surface area contributed by atoms with Crippen LogP contribution >= 0.6 is 12.2 Å². The van der Waals surface area contributed by atoms with Crippen LogP contribution in [-0.2, 0) is 4.74 Å². The molecule has 2 N–H and O–H groups in total. The highest BCUT2D eigenvalue weighted by Crippen LogP contribution is 2.14. The molecular formula is C13H18N2O3S. The summed E-state index contributed by atoms with van der Waals surface area (Å²) in [4.78, 5) is 11.5. The van der Waals surface area contributed by atoms with Crippen molar-refractivity contribution in [2.45, 2.75) is 26.4 Å². The minimum Gasteiger partial charge on any atom is -0.497 e. The molecule has 6 heteroatoms. The van der Waals surface area contributed by atoms with Crippen LogP contribution in [0.2, 0.25) is 0 Å². The van der Waals surface area contributed by atoms with Gasteiger partial charge in [-0.15, -0.1) is 0 Å². The summed E-state index contributed by atoms with van der Waals surface area (Å²) in [5.74, 6) is 0.747. The Kier molecular flexibility index (Phi) is 5.11. The molecule has 1 rings (SSSR count). The second-order valence-electron chi connectivity index (χ2n) is 4.81. The number of rotatable bonds is 2. The van der Waals surface area contributed by atoms with Crippen molar-refractivity contribution in [3.63, 3.8) is 0 Å². The summed E-state index contributed by atoms with van der Waals surface area (Å²) in [6.07, 6.45) is -0.585. The quantitative estimate of drug-likeness (QED) is 0.817. The number of amides is 1. The van der Waals surface area contributed by atoms with Crippen molar-refractivity contribution in [1.29, 1.82) is 0 Å². The van der Waals surface area contributed by atoms with Gasteiger partial charge >= 0.3 is 6.09 Å². The lowest BCUT2D eigenvalue weighted by atomic mass is 10.2. The molecule has 0 aliphatic heterocycles. The number of carbonyl (C=O) groups excluding carboxylic acids is 1. The van der Waals surface area contributed by atoms with Crippen molar-refractivity contribution in [3.05, 3.63) is 24.3 Å². The van der Waals surface area contributed by atoms with Crippen molar-refractivity contribution < 1.29 is 14.3 Å². The molecule has 5 nitrogen and oxygen atoms in total. The van der Waals surface area contributed by atoms with Crippen molar-refractivity contribution in [2.75, 3.05) is 12.4 Å². The van der Waals surface area contributed by atoms with Crippen LogP contribution in [0.5, 0.6) is 5.75 Å². The van der Waals surface area contributed by atoms with E-state index < -0.39 is 11.7 Å². The molecule has 1 amide bonds. The average molecular weight is 282 g/mol. The fraction of sp³-hybridized carbons (Fsp3) is 0.385. The number of ether oxygens (including phenoxy) is 2. The van der Waals surface area contributed by atoms with Gasteiger partial charge in [0.25, 0.3) is 0 Å². The molecule has 0 bridgehead atoms. The van der Waals surface area contributed by atoms with E-state index in [1.807, 2.05) is 0 Å². The molecule has 19 heavy (non-hydrogen) atoms. The maximum absolute atomic E-state index is 11.5. The molecule has 0 radical (unpaired) electrons. The molecule has 0 aromatic heterocycles. The van der Waals surface area contributed by atoms with Gasteiger partial charge in [-0.3, -0.25) is 5.32 Å². The molecule has 1 aromatic carbocycles. The molecule has 104 valence electrons. The largest absolute Gasteiger partial charge is 0.497 e. The summed E-state index contributed by atoms with van der Waals surface area (Å²) in [7, 11) is 1.59. The van der Waals surface area contributed by atoms with Crippen LogP contribution in [0.4, 0.5) is 10.5 Å². The summed E-state index contributed by atoms with van der Waals surface area (Å²) >= 11 is 5.01. The van der Waals surface area contributed by atoms with Crippen LogP contribution < -0.4 is 15.4 Å². The zero-order chi connectivity index (χ0) is 14.5. The number of nitrogens with one attached hydrogen (secondary N) is 2. The number of carbonyl (C=O) groups is 1. The maximum Gasteiger partial charge on any atom is 0.413 e. The van der Waals surface area contributed by atoms with Crippen LogP contribution in [0, 0.1) is 0 Å². The van der Waals surface area contributed by atoms with Crippen molar-refractivity contribution in [3.8, 4) is 5.75 Å². The van der Waals surface area contributed by atoms with Gasteiger partial charge in [0, 0.05) is 5.69 Å². The molecular weight excluding hydrogens is 264 g/mol. The molecule has 0 fully saturated rings. The SMILES string of the molecule is COc1ccc(NC(=S)NC(=O)OC(C)(C)C)cc1. The van der Waals surface area contributed by atoms with Gasteiger partial charge in [-0.25, -0.2) is 4.79 Å². The number of hydrogen-bond acceptors (Lipinski definition) is 4. The molecule has 0 saturated carbocycles. The summed E-state index contributed by atoms with van der Waals surface area (Å²) in [6, 6.07) is 7.17. The molecule has 0 aliphatic carbocycles. The number of benzene rings is 1. The highest BCUT2D eigenvalue weighted by atomic mass is 32.1. The fourth-order valence-electron chi connectivity index (χ4n) is 1.23. The molecule has 1 aromatic rings. The highest BCUT2D eigenvalue weighted by molar-refractivity contribution is 7.80. The Bertz CT molecular complexity index is 452. The van der Waals surface area contributed by atoms with Crippen LogP contribution in [0.15, 0.2) is 24.3 Å². The Balaban J connectivity index is 2.48. The van der Waals surface area contributed by atoms with E-state index in [4.69, 9.17) is 21.7 Å². The first-order chi connectivity index (χ1) is 8.80. The third-order valence-corrected chi connectivity index (χ3v) is 2.17. The second kappa shape index (κ2) is 6.38. The number of hydrogen-bond donors (Lipinski definition) is 2. The summed E-state index contributed by atoms with van der Waals surface area (Å²) in [5.41, 5.74) is 0.196. The molecule has 0 atom stereocenters. The van der Waals surface area contributed by atoms with E-state index in [0.717, 1.165) is 11.4 Å². The Morgan fingerprint density at radius 1 is 1.21 bits per heavy atom. The lowest BCUT2D eigenvalue weighted by Gasteiger charge is -2.20. The van der Waals surface area contributed by atoms with Gasteiger partial charge in [0.15, 0.2) is 5.11 Å². The molecule has 0 unspecified atom stereocenters. The Morgan fingerprint density at radius 3 is 2.26 bits per heavy atom. The monoisotopic (exact) mass is 282 g/mol. The summed E-state index contributed by atoms with van der Waals surface area (Å²) in [6.45, 7) is 5.35. The Labute approximate surface area is 118 Å². The molecule has 0 saturated heterocycles. The lowest BCUT2D eigenvalue weighted by Crippen LogP contribution is -2.38. The van der Waals surface area contributed by atoms with Gasteiger partial charge in [-0.05, 0) is 57.3 Å². The van der Waals surface area contributed by atoms with Crippen LogP contribution in [0.25, 0.3) is 0 Å². The Morgan fingerprint density at radius 2 is 1.79 bits per heavy atom. The van der Waals surface area contributed by atoms with E-state index in [0.29, 0.717) is 0 Å². The van der Waals surface area contributed by atoms with Crippen LogP contribution in [0.3, 0.4) is 0 Å². The summed E-state index contributed by atoms with van der Waals surface area (Å²) in [5, 5.41) is 5.50. The van der Waals surface area contributed by atoms with Crippen molar-refractivity contribution >= 4 is 29.1 Å². The first kappa shape index (κ1) is 15.2. The third-order valence-electron chi connectivity index (χ3n) is 1.96. The van der Waals surface area contributed by atoms with Crippen LogP contribution in [-0.4, -0.2) is 23.9 Å². The second-order valence-corrected chi connectivity index (χ2v) is 5.22. The number of thiocarbonyl (C=S) groups is 1. The van der Waals surface area contributed by atoms with E-state index in [1.165, 1.54) is 0 Å². The smallest absolute Gasteiger partial charge is 0.413 e. The predicted octanol–water partition coefficient (Wildman–Crippen LogP) is 2.92. The van der Waals surface area contributed by atoms with E-state index in [9.17, 15) is 4.79 Å². The zero-order valence-corrected chi connectivity index (χ0v) is 12.3. The average Bonchev–Trinajstić information content (AvgIpc) is 2.27. The van der Waals surface area contributed by atoms with E-state index >= 15 is 0 Å². The molecule has 0 aliphatic rings. The first-order valence-corrected chi connectivity index (χ1v) is 6.16. The van der Waals surface area contributed by atoms with Crippen molar-refractivity contribution in [2.24, 2.45) is 0 Å². The minimum absolute atomic E-state index is 0.180. The Hall–Kier alpha value is -1.82. The highest BCUT2D eigenvalue weighted by Gasteiger charge is 2.16. The fourth-order valence-corrected chi connectivity index (χ4v) is 1.43. The topological polar surface area (TPSA) is 59.6 Å². The minimum atomic E-state index is -0.585. The van der Waals surface area contributed by atoms with Gasteiger partial charge in [0.05, 0.1) is 7.11 Å². The molecule has 0 spiro atoms. The van der Waals surface area contributed by atoms with Crippen molar-refractivity contribution in [1.82, 2.24) is 5.32 Å². The van der Waals surface area contributed by atoms with Gasteiger partial charge in [-0.1, -0.05) is 0 Å². The normalized spacial score (nSPS) is 10.5. The number of alkyl carbamates (subject to hydrolysis) is 1.